The number of anilines is 2. The molecule has 1 saturated heterocycles. The second kappa shape index (κ2) is 12.2. The number of nitrogens with one attached hydrogen (secondary N) is 2. The molecule has 2 aromatic rings. The summed E-state index contributed by atoms with van der Waals surface area (Å²) in [5.74, 6) is -0.714. The number of benzene rings is 2. The predicted molar refractivity (Wildman–Crippen MR) is 136 cm³/mol. The number of carbonyl (C=O) groups is 2. The lowest BCUT2D eigenvalue weighted by Crippen LogP contribution is -2.75. The first kappa shape index (κ1) is 25.9. The average molecular weight is 495 g/mol. The summed E-state index contributed by atoms with van der Waals surface area (Å²) >= 11 is 5.92. The number of nitrogens with two attached hydrogens (primary N) is 1. The fourth-order valence-electron chi connectivity index (χ4n) is 4.04. The van der Waals surface area contributed by atoms with Gasteiger partial charge in [0.25, 0.3) is 5.91 Å². The van der Waals surface area contributed by atoms with Gasteiger partial charge in [0.2, 0.25) is 0 Å². The zero-order chi connectivity index (χ0) is 25.4. The van der Waals surface area contributed by atoms with Crippen LogP contribution in [0, 0.1) is 22.7 Å². The molecule has 35 heavy (non-hydrogen) atoms. The topological polar surface area (TPSA) is 123 Å². The Morgan fingerprint density at radius 2 is 1.94 bits per heavy atom. The lowest BCUT2D eigenvalue weighted by Gasteiger charge is -2.33. The van der Waals surface area contributed by atoms with E-state index in [2.05, 4.69) is 16.3 Å². The van der Waals surface area contributed by atoms with Crippen molar-refractivity contribution in [3.05, 3.63) is 64.3 Å². The molecule has 2 aromatic carbocycles. The van der Waals surface area contributed by atoms with Gasteiger partial charge in [-0.1, -0.05) is 11.6 Å². The lowest BCUT2D eigenvalue weighted by atomic mass is 9.96. The highest BCUT2D eigenvalue weighted by molar-refractivity contribution is 6.30. The van der Waals surface area contributed by atoms with Gasteiger partial charge in [-0.3, -0.25) is 14.9 Å². The van der Waals surface area contributed by atoms with Gasteiger partial charge in [-0.2, -0.15) is 5.26 Å². The van der Waals surface area contributed by atoms with Crippen LogP contribution in [0.15, 0.2) is 53.7 Å². The van der Waals surface area contributed by atoms with Crippen LogP contribution in [0.1, 0.15) is 32.3 Å². The Morgan fingerprint density at radius 3 is 2.54 bits per heavy atom. The van der Waals surface area contributed by atoms with Crippen molar-refractivity contribution in [2.24, 2.45) is 5.92 Å². The molecule has 0 spiro atoms. The Hall–Kier alpha value is -3.67. The second-order valence-corrected chi connectivity index (χ2v) is 8.68. The van der Waals surface area contributed by atoms with Crippen LogP contribution in [0.2, 0.25) is 5.02 Å². The lowest BCUT2D eigenvalue weighted by molar-refractivity contribution is -0.517. The minimum absolute atomic E-state index is 0.116. The minimum atomic E-state index is -0.436. The fraction of sp³-hybridized carbons (Fsp3) is 0.308. The van der Waals surface area contributed by atoms with E-state index in [9.17, 15) is 14.9 Å². The summed E-state index contributed by atoms with van der Waals surface area (Å²) in [5, 5.41) is 22.7. The number of rotatable bonds is 8. The van der Waals surface area contributed by atoms with Crippen LogP contribution in [0.5, 0.6) is 0 Å². The summed E-state index contributed by atoms with van der Waals surface area (Å²) in [7, 11) is 0. The van der Waals surface area contributed by atoms with Crippen molar-refractivity contribution in [1.82, 2.24) is 0 Å². The van der Waals surface area contributed by atoms with Gasteiger partial charge < -0.3 is 20.4 Å². The molecule has 1 aliphatic heterocycles. The van der Waals surface area contributed by atoms with Gasteiger partial charge in [-0.05, 0) is 50.1 Å². The summed E-state index contributed by atoms with van der Waals surface area (Å²) in [6.07, 6.45) is 2.35. The van der Waals surface area contributed by atoms with E-state index < -0.39 is 5.91 Å². The fourth-order valence-corrected chi connectivity index (χ4v) is 4.16. The van der Waals surface area contributed by atoms with Crippen LogP contribution in [-0.4, -0.2) is 37.8 Å². The van der Waals surface area contributed by atoms with Crippen LogP contribution >= 0.6 is 11.6 Å². The molecular weight excluding hydrogens is 466 g/mol. The molecule has 0 unspecified atom stereocenters. The zero-order valence-corrected chi connectivity index (χ0v) is 20.6. The van der Waals surface area contributed by atoms with Crippen molar-refractivity contribution in [1.29, 1.82) is 10.7 Å². The largest absolute Gasteiger partial charge is 0.466 e. The maximum absolute atomic E-state index is 12.9. The molecule has 1 fully saturated rings. The molecule has 0 atom stereocenters. The van der Waals surface area contributed by atoms with Crippen molar-refractivity contribution >= 4 is 46.8 Å². The normalized spacial score (nSPS) is 14.5. The molecule has 1 aliphatic rings. The van der Waals surface area contributed by atoms with Crippen LogP contribution in [0.4, 0.5) is 17.1 Å². The van der Waals surface area contributed by atoms with Crippen LogP contribution in [-0.2, 0) is 14.3 Å². The van der Waals surface area contributed by atoms with Gasteiger partial charge >= 0.3 is 5.97 Å². The van der Waals surface area contributed by atoms with Gasteiger partial charge in [0.15, 0.2) is 0 Å². The molecular formula is C26H29ClN5O3+. The van der Waals surface area contributed by atoms with E-state index in [0.29, 0.717) is 54.5 Å². The number of nitrogens with zero attached hydrogens (tertiary/aromatic N) is 2. The van der Waals surface area contributed by atoms with Crippen molar-refractivity contribution in [3.8, 4) is 6.07 Å². The van der Waals surface area contributed by atoms with E-state index in [4.69, 9.17) is 21.7 Å². The summed E-state index contributed by atoms with van der Waals surface area (Å²) in [4.78, 5) is 26.9. The number of amides is 1. The molecule has 4 N–H and O–H groups in total. The van der Waals surface area contributed by atoms with E-state index >= 15 is 0 Å². The van der Waals surface area contributed by atoms with Gasteiger partial charge in [0, 0.05) is 49.1 Å². The van der Waals surface area contributed by atoms with Gasteiger partial charge in [0.1, 0.15) is 23.0 Å². The third-order valence-electron chi connectivity index (χ3n) is 5.90. The number of ether oxygens (including phenoxy) is 1. The summed E-state index contributed by atoms with van der Waals surface area (Å²) in [6.45, 7) is 5.22. The molecule has 3 rings (SSSR count). The smallest absolute Gasteiger partial charge is 0.309 e. The standard InChI is InChI=1S/C26H28ClN5O3/c1-3-35-26(34)18-10-12-32(13-11-18)24-9-8-22(14-19(24)15-28)31-25(33)23(16-29)17(2)30-21-6-4-20(27)5-7-21/h4-9,14,16,18,29-30H,3,10-13H2,1-2H3,(H,31,33)/p+1. The third kappa shape index (κ3) is 6.69. The van der Waals surface area contributed by atoms with Gasteiger partial charge in [-0.15, -0.1) is 0 Å². The van der Waals surface area contributed by atoms with Crippen LogP contribution < -0.4 is 15.5 Å². The number of piperidine rings is 1. The molecule has 0 radical (unpaired) electrons. The summed E-state index contributed by atoms with van der Waals surface area (Å²) < 4.78 is 5.13. The molecule has 182 valence electrons. The molecule has 0 saturated carbocycles. The maximum Gasteiger partial charge on any atom is 0.309 e. The predicted octanol–water partition coefficient (Wildman–Crippen LogP) is 3.75. The number of hydrogen-bond acceptors (Lipinski definition) is 6. The monoisotopic (exact) mass is 494 g/mol. The Labute approximate surface area is 210 Å². The molecule has 1 heterocycles. The first-order valence-corrected chi connectivity index (χ1v) is 11.8. The number of esters is 1. The van der Waals surface area contributed by atoms with Gasteiger partial charge in [-0.25, -0.2) is 0 Å². The Bertz CT molecular complexity index is 1160. The van der Waals surface area contributed by atoms with Crippen molar-refractivity contribution in [2.75, 3.05) is 29.9 Å². The van der Waals surface area contributed by atoms with Crippen LogP contribution in [0.25, 0.3) is 0 Å². The molecule has 0 aliphatic carbocycles. The zero-order valence-electron chi connectivity index (χ0n) is 19.8. The van der Waals surface area contributed by atoms with Crippen molar-refractivity contribution in [3.63, 3.8) is 0 Å². The Balaban J connectivity index is 1.70. The first-order chi connectivity index (χ1) is 16.9. The van der Waals surface area contributed by atoms with Gasteiger partial charge in [0.05, 0.1) is 23.8 Å². The van der Waals surface area contributed by atoms with Crippen molar-refractivity contribution < 1.29 is 19.6 Å². The van der Waals surface area contributed by atoms with E-state index in [1.807, 2.05) is 12.1 Å². The number of halogens is 1. The Kier molecular flexibility index (Phi) is 9.01. The molecule has 0 bridgehead atoms. The summed E-state index contributed by atoms with van der Waals surface area (Å²) in [5.41, 5.74) is 3.37. The van der Waals surface area contributed by atoms with E-state index in [0.717, 1.165) is 17.6 Å². The number of nitriles is 1. The van der Waals surface area contributed by atoms with E-state index in [1.54, 1.807) is 49.5 Å². The van der Waals surface area contributed by atoms with Crippen LogP contribution in [0.3, 0.4) is 0 Å². The summed E-state index contributed by atoms with van der Waals surface area (Å²) in [6, 6.07) is 14.6. The number of carbonyl (C=O) groups excluding carboxylic acids is 2. The highest BCUT2D eigenvalue weighted by Gasteiger charge is 2.27. The molecule has 9 heteroatoms. The quantitative estimate of drug-likeness (QED) is 0.223. The van der Waals surface area contributed by atoms with E-state index in [1.165, 1.54) is 0 Å². The van der Waals surface area contributed by atoms with Crippen molar-refractivity contribution in [2.45, 2.75) is 26.7 Å². The second-order valence-electron chi connectivity index (χ2n) is 8.25. The Morgan fingerprint density at radius 1 is 1.26 bits per heavy atom. The minimum Gasteiger partial charge on any atom is -0.466 e. The number of allylic oxidation sites excluding steroid dienone is 1. The number of quaternary nitrogens is 1. The molecule has 1 amide bonds. The van der Waals surface area contributed by atoms with E-state index in [-0.39, 0.29) is 17.5 Å². The SMILES string of the molecule is CCOC(=O)C1CCN(c2ccc(NC(=O)C(C=N)=C(C)[NH2+]c3ccc(Cl)cc3)cc2C#N)CC1. The third-order valence-corrected chi connectivity index (χ3v) is 6.15. The highest BCUT2D eigenvalue weighted by atomic mass is 35.5. The molecule has 0 aromatic heterocycles. The maximum atomic E-state index is 12.9. The number of hydrogen-bond donors (Lipinski definition) is 3. The first-order valence-electron chi connectivity index (χ1n) is 11.4. The molecule has 8 nitrogen and oxygen atoms in total. The highest BCUT2D eigenvalue weighted by Crippen LogP contribution is 2.29. The average Bonchev–Trinajstić information content (AvgIpc) is 2.86.